The molecule has 2 aromatic rings. The molecule has 0 amide bonds. The van der Waals surface area contributed by atoms with Crippen LogP contribution in [0, 0.1) is 0 Å². The van der Waals surface area contributed by atoms with Gasteiger partial charge in [-0.05, 0) is 74.6 Å². The molecule has 0 spiro atoms. The van der Waals surface area contributed by atoms with Crippen LogP contribution < -0.4 is 20.1 Å². The molecule has 0 bridgehead atoms. The number of thiocarbonyl (C=S) groups is 1. The Labute approximate surface area is 163 Å². The molecule has 0 heterocycles. The third-order valence-electron chi connectivity index (χ3n) is 2.85. The first kappa shape index (κ1) is 22.9. The van der Waals surface area contributed by atoms with E-state index in [4.69, 9.17) is 40.9 Å². The second kappa shape index (κ2) is 11.5. The van der Waals surface area contributed by atoms with E-state index in [1.54, 1.807) is 0 Å². The molecule has 8 nitrogen and oxygen atoms in total. The number of rotatable bonds is 6. The number of anilines is 2. The van der Waals surface area contributed by atoms with E-state index in [1.807, 2.05) is 62.4 Å². The number of hydrogen-bond acceptors (Lipinski definition) is 4. The minimum atomic E-state index is -4.64. The lowest BCUT2D eigenvalue weighted by atomic mass is 10.3. The van der Waals surface area contributed by atoms with Gasteiger partial charge in [-0.3, -0.25) is 0 Å². The lowest BCUT2D eigenvalue weighted by Gasteiger charge is -2.12. The second-order valence-corrected chi connectivity index (χ2v) is 6.44. The number of phosphoric acid groups is 1. The van der Waals surface area contributed by atoms with Crippen molar-refractivity contribution in [2.45, 2.75) is 13.8 Å². The molecule has 27 heavy (non-hydrogen) atoms. The van der Waals surface area contributed by atoms with Gasteiger partial charge in [-0.1, -0.05) is 0 Å². The second-order valence-electron chi connectivity index (χ2n) is 5.01. The van der Waals surface area contributed by atoms with E-state index in [-0.39, 0.29) is 0 Å². The van der Waals surface area contributed by atoms with Crippen molar-refractivity contribution in [1.29, 1.82) is 0 Å². The zero-order chi connectivity index (χ0) is 20.3. The predicted octanol–water partition coefficient (Wildman–Crippen LogP) is 3.36. The minimum Gasteiger partial charge on any atom is -0.494 e. The highest BCUT2D eigenvalue weighted by Gasteiger charge is 2.01. The third kappa shape index (κ3) is 11.2. The number of nitrogens with one attached hydrogen (secondary N) is 2. The number of hydrogen-bond donors (Lipinski definition) is 5. The summed E-state index contributed by atoms with van der Waals surface area (Å²) >= 11 is 5.30. The first-order chi connectivity index (χ1) is 12.7. The van der Waals surface area contributed by atoms with Crippen molar-refractivity contribution in [3.8, 4) is 11.5 Å². The predicted molar refractivity (Wildman–Crippen MR) is 109 cm³/mol. The van der Waals surface area contributed by atoms with Crippen molar-refractivity contribution >= 4 is 36.5 Å². The van der Waals surface area contributed by atoms with E-state index in [1.165, 1.54) is 0 Å². The van der Waals surface area contributed by atoms with Gasteiger partial charge in [0.25, 0.3) is 0 Å². The quantitative estimate of drug-likeness (QED) is 0.358. The normalized spacial score (nSPS) is 10.3. The van der Waals surface area contributed by atoms with Crippen LogP contribution in [-0.4, -0.2) is 33.0 Å². The summed E-state index contributed by atoms with van der Waals surface area (Å²) < 4.78 is 19.7. The Morgan fingerprint density at radius 3 is 1.41 bits per heavy atom. The molecule has 10 heteroatoms. The SMILES string of the molecule is CCOc1ccc(NC(=S)Nc2ccc(OCC)cc2)cc1.O=P(O)(O)O. The molecule has 0 aliphatic heterocycles. The maximum absolute atomic E-state index is 8.88. The van der Waals surface area contributed by atoms with Crippen molar-refractivity contribution in [2.75, 3.05) is 23.8 Å². The molecule has 0 radical (unpaired) electrons. The molecule has 5 N–H and O–H groups in total. The third-order valence-corrected chi connectivity index (χ3v) is 3.05. The van der Waals surface area contributed by atoms with E-state index in [0.29, 0.717) is 18.3 Å². The molecule has 0 saturated heterocycles. The Hall–Kier alpha value is -2.16. The van der Waals surface area contributed by atoms with E-state index < -0.39 is 7.82 Å². The fourth-order valence-electron chi connectivity index (χ4n) is 1.90. The Balaban J connectivity index is 0.000000646. The van der Waals surface area contributed by atoms with Crippen molar-refractivity contribution in [3.63, 3.8) is 0 Å². The van der Waals surface area contributed by atoms with Gasteiger partial charge in [0, 0.05) is 11.4 Å². The molecule has 2 aromatic carbocycles. The summed E-state index contributed by atoms with van der Waals surface area (Å²) in [6, 6.07) is 15.3. The topological polar surface area (TPSA) is 120 Å². The van der Waals surface area contributed by atoms with Crippen LogP contribution in [0.4, 0.5) is 11.4 Å². The van der Waals surface area contributed by atoms with Crippen LogP contribution in [0.15, 0.2) is 48.5 Å². The van der Waals surface area contributed by atoms with Gasteiger partial charge in [0.2, 0.25) is 0 Å². The van der Waals surface area contributed by atoms with Gasteiger partial charge in [-0.15, -0.1) is 0 Å². The van der Waals surface area contributed by atoms with E-state index >= 15 is 0 Å². The van der Waals surface area contributed by atoms with Crippen LogP contribution in [-0.2, 0) is 4.57 Å². The van der Waals surface area contributed by atoms with Crippen LogP contribution in [0.3, 0.4) is 0 Å². The molecular formula is C17H23N2O6PS. The number of ether oxygens (including phenoxy) is 2. The van der Waals surface area contributed by atoms with Gasteiger partial charge in [0.15, 0.2) is 5.11 Å². The highest BCUT2D eigenvalue weighted by atomic mass is 32.1. The van der Waals surface area contributed by atoms with Crippen LogP contribution in [0.2, 0.25) is 0 Å². The first-order valence-corrected chi connectivity index (χ1v) is 10.0. The highest BCUT2D eigenvalue weighted by Crippen LogP contribution is 2.25. The summed E-state index contributed by atoms with van der Waals surface area (Å²) in [6.45, 7) is 5.24. The summed E-state index contributed by atoms with van der Waals surface area (Å²) in [5.41, 5.74) is 1.82. The van der Waals surface area contributed by atoms with Gasteiger partial charge in [-0.2, -0.15) is 0 Å². The summed E-state index contributed by atoms with van der Waals surface area (Å²) in [5.74, 6) is 1.69. The van der Waals surface area contributed by atoms with Crippen LogP contribution in [0.5, 0.6) is 11.5 Å². The van der Waals surface area contributed by atoms with Crippen LogP contribution >= 0.6 is 20.0 Å². The molecule has 0 aliphatic rings. The standard InChI is InChI=1S/C17H20N2O2S.H3O4P/c1-3-20-15-9-5-13(6-10-15)18-17(22)19-14-7-11-16(12-8-14)21-4-2;1-5(2,3)4/h5-12H,3-4H2,1-2H3,(H2,18,19,22);(H3,1,2,3,4). The number of benzene rings is 2. The zero-order valence-electron chi connectivity index (χ0n) is 15.0. The molecule has 0 fully saturated rings. The summed E-state index contributed by atoms with van der Waals surface area (Å²) in [5, 5.41) is 6.80. The summed E-state index contributed by atoms with van der Waals surface area (Å²) in [6.07, 6.45) is 0. The van der Waals surface area contributed by atoms with Crippen molar-refractivity contribution in [3.05, 3.63) is 48.5 Å². The summed E-state index contributed by atoms with van der Waals surface area (Å²) in [4.78, 5) is 21.6. The van der Waals surface area contributed by atoms with Crippen LogP contribution in [0.25, 0.3) is 0 Å². The van der Waals surface area contributed by atoms with Gasteiger partial charge in [0.1, 0.15) is 11.5 Å². The van der Waals surface area contributed by atoms with Crippen molar-refractivity contribution in [2.24, 2.45) is 0 Å². The highest BCUT2D eigenvalue weighted by molar-refractivity contribution is 7.80. The average molecular weight is 414 g/mol. The lowest BCUT2D eigenvalue weighted by molar-refractivity contribution is 0.275. The maximum atomic E-state index is 8.88. The molecule has 0 unspecified atom stereocenters. The molecule has 0 saturated carbocycles. The molecule has 148 valence electrons. The van der Waals surface area contributed by atoms with Gasteiger partial charge in [-0.25, -0.2) is 4.57 Å². The van der Waals surface area contributed by atoms with Crippen LogP contribution in [0.1, 0.15) is 13.8 Å². The fraction of sp³-hybridized carbons (Fsp3) is 0.235. The fourth-order valence-corrected chi connectivity index (χ4v) is 2.13. The molecule has 0 atom stereocenters. The lowest BCUT2D eigenvalue weighted by Crippen LogP contribution is -2.18. The van der Waals surface area contributed by atoms with Crippen molar-refractivity contribution < 1.29 is 28.7 Å². The molecule has 0 aliphatic carbocycles. The van der Waals surface area contributed by atoms with Crippen molar-refractivity contribution in [1.82, 2.24) is 0 Å². The van der Waals surface area contributed by atoms with Gasteiger partial charge >= 0.3 is 7.82 Å². The molecular weight excluding hydrogens is 391 g/mol. The van der Waals surface area contributed by atoms with E-state index in [2.05, 4.69) is 10.6 Å². The Kier molecular flexibility index (Phi) is 9.77. The Bertz CT molecular complexity index is 687. The van der Waals surface area contributed by atoms with Gasteiger partial charge in [0.05, 0.1) is 13.2 Å². The van der Waals surface area contributed by atoms with E-state index in [0.717, 1.165) is 22.9 Å². The first-order valence-electron chi connectivity index (χ1n) is 8.03. The minimum absolute atomic E-state index is 0.535. The Morgan fingerprint density at radius 1 is 0.852 bits per heavy atom. The largest absolute Gasteiger partial charge is 0.494 e. The summed E-state index contributed by atoms with van der Waals surface area (Å²) in [7, 11) is -4.64. The smallest absolute Gasteiger partial charge is 0.466 e. The monoisotopic (exact) mass is 414 g/mol. The molecule has 0 aromatic heterocycles. The Morgan fingerprint density at radius 2 is 1.15 bits per heavy atom. The maximum Gasteiger partial charge on any atom is 0.466 e. The zero-order valence-corrected chi connectivity index (χ0v) is 16.7. The van der Waals surface area contributed by atoms with Gasteiger partial charge < -0.3 is 34.8 Å². The molecule has 2 rings (SSSR count). The average Bonchev–Trinajstić information content (AvgIpc) is 2.57. The van der Waals surface area contributed by atoms with E-state index in [9.17, 15) is 0 Å².